The van der Waals surface area contributed by atoms with Crippen LogP contribution in [0.5, 0.6) is 0 Å². The lowest BCUT2D eigenvalue weighted by Crippen LogP contribution is -2.47. The summed E-state index contributed by atoms with van der Waals surface area (Å²) in [6.45, 7) is 16.3. The Morgan fingerprint density at radius 1 is 0.367 bits per heavy atom. The second-order valence-electron chi connectivity index (χ2n) is 19.1. The van der Waals surface area contributed by atoms with Crippen molar-refractivity contribution in [2.24, 2.45) is 0 Å². The average molecular weight is 1290 g/mol. The van der Waals surface area contributed by atoms with E-state index in [1.807, 2.05) is 48.5 Å². The summed E-state index contributed by atoms with van der Waals surface area (Å²) in [4.78, 5) is 40.9. The molecule has 1 aliphatic carbocycles. The van der Waals surface area contributed by atoms with E-state index in [-0.39, 0.29) is 45.4 Å². The smallest absolute Gasteiger partial charge is 0.410 e. The number of benzene rings is 2. The van der Waals surface area contributed by atoms with Gasteiger partial charge in [0.25, 0.3) is 0 Å². The molecule has 0 heterocycles. The SMILES string of the molecule is C#CCOCCOCCOCCOCCOCCOCCOCCOCCNC(=O)CN(CC(=O)NCCOCCOCCOCCOCCOCCOCCOCCOCCOCCOCCOCCOC)C(=O)OCC1c2ccccc2-c2ccccc21. The Hall–Kier alpha value is -4.59. The third kappa shape index (κ3) is 44.8. The quantitative estimate of drug-likeness (QED) is 0.0709. The van der Waals surface area contributed by atoms with Crippen molar-refractivity contribution < 1.29 is 114 Å². The highest BCUT2D eigenvalue weighted by molar-refractivity contribution is 5.87. The molecule has 3 amide bonds. The number of methoxy groups -OCH3 is 1. The number of carbonyl (C=O) groups is 3. The standard InChI is InChI=1S/C63H103N3O24/c1-3-14-71-19-22-75-27-30-79-35-38-83-43-44-84-39-36-80-31-28-76-23-20-72-15-12-64-61(67)53-66(63(69)90-55-60-58-10-6-4-8-56(58)57-9-5-7-11-59(57)60)54-62(68)65-13-16-73-21-24-77-29-32-81-37-40-85-45-46-87-49-50-89-52-51-88-48-47-86-42-41-82-34-33-78-26-25-74-18-17-70-2/h1,4-11,60H,12-55H2,2H3,(H,64,67)(H,65,68). The molecule has 0 radical (unpaired) electrons. The van der Waals surface area contributed by atoms with Crippen LogP contribution in [0.1, 0.15) is 17.0 Å². The van der Waals surface area contributed by atoms with Crippen LogP contribution >= 0.6 is 0 Å². The fourth-order valence-electron chi connectivity index (χ4n) is 7.97. The van der Waals surface area contributed by atoms with Gasteiger partial charge >= 0.3 is 6.09 Å². The van der Waals surface area contributed by atoms with Gasteiger partial charge in [-0.3, -0.25) is 14.5 Å². The minimum atomic E-state index is -0.798. The van der Waals surface area contributed by atoms with Crippen LogP contribution in [-0.2, 0) is 109 Å². The summed E-state index contributed by atoms with van der Waals surface area (Å²) in [6.07, 6.45) is 4.31. The maximum Gasteiger partial charge on any atom is 0.410 e. The second-order valence-corrected chi connectivity index (χ2v) is 19.1. The van der Waals surface area contributed by atoms with E-state index < -0.39 is 31.0 Å². The maximum atomic E-state index is 13.6. The normalized spacial score (nSPS) is 11.9. The molecule has 2 aromatic carbocycles. The lowest BCUT2D eigenvalue weighted by molar-refractivity contribution is -0.125. The van der Waals surface area contributed by atoms with Crippen molar-refractivity contribution in [3.63, 3.8) is 0 Å². The molecule has 0 saturated carbocycles. The summed E-state index contributed by atoms with van der Waals surface area (Å²) < 4.78 is 115. The first kappa shape index (κ1) is 79.6. The van der Waals surface area contributed by atoms with Gasteiger partial charge in [-0.15, -0.1) is 6.42 Å². The van der Waals surface area contributed by atoms with Gasteiger partial charge in [-0.2, -0.15) is 0 Å². The van der Waals surface area contributed by atoms with Crippen molar-refractivity contribution in [2.45, 2.75) is 5.92 Å². The number of terminal acetylenes is 1. The molecular weight excluding hydrogens is 1180 g/mol. The number of nitrogens with zero attached hydrogens (tertiary/aromatic N) is 1. The molecule has 0 bridgehead atoms. The fraction of sp³-hybridized carbons (Fsp3) is 0.730. The molecule has 0 saturated heterocycles. The summed E-state index contributed by atoms with van der Waals surface area (Å²) in [6, 6.07) is 16.0. The van der Waals surface area contributed by atoms with Crippen molar-refractivity contribution >= 4 is 17.9 Å². The Kier molecular flexibility index (Phi) is 53.7. The number of hydrogen-bond donors (Lipinski definition) is 2. The van der Waals surface area contributed by atoms with Gasteiger partial charge in [0, 0.05) is 26.1 Å². The van der Waals surface area contributed by atoms with E-state index >= 15 is 0 Å². The molecule has 27 heteroatoms. The number of nitrogens with one attached hydrogen (secondary N) is 2. The molecule has 2 N–H and O–H groups in total. The Balaban J connectivity index is 1.13. The van der Waals surface area contributed by atoms with Gasteiger partial charge in [0.15, 0.2) is 0 Å². The molecule has 0 aromatic heterocycles. The minimum absolute atomic E-state index is 0.0223. The Morgan fingerprint density at radius 3 is 0.878 bits per heavy atom. The van der Waals surface area contributed by atoms with Crippen LogP contribution in [0.15, 0.2) is 48.5 Å². The predicted molar refractivity (Wildman–Crippen MR) is 329 cm³/mol. The van der Waals surface area contributed by atoms with E-state index in [0.29, 0.717) is 238 Å². The van der Waals surface area contributed by atoms with E-state index in [1.165, 1.54) is 0 Å². The summed E-state index contributed by atoms with van der Waals surface area (Å²) in [5, 5.41) is 5.49. The van der Waals surface area contributed by atoms with Gasteiger partial charge in [0.1, 0.15) is 26.3 Å². The highest BCUT2D eigenvalue weighted by Crippen LogP contribution is 2.44. The molecular formula is C63H103N3O24. The van der Waals surface area contributed by atoms with E-state index in [4.69, 9.17) is 106 Å². The number of ether oxygens (including phenoxy) is 21. The molecule has 0 spiro atoms. The van der Waals surface area contributed by atoms with Gasteiger partial charge in [-0.25, -0.2) is 4.79 Å². The van der Waals surface area contributed by atoms with Crippen molar-refractivity contribution in [1.82, 2.24) is 15.5 Å². The molecule has 2 aromatic rings. The number of amides is 3. The topological polar surface area (TPSA) is 272 Å². The molecule has 90 heavy (non-hydrogen) atoms. The zero-order chi connectivity index (χ0) is 63.9. The van der Waals surface area contributed by atoms with E-state index in [9.17, 15) is 14.4 Å². The third-order valence-electron chi connectivity index (χ3n) is 12.3. The molecule has 3 rings (SSSR count). The van der Waals surface area contributed by atoms with Crippen molar-refractivity contribution in [3.8, 4) is 23.5 Å². The van der Waals surface area contributed by atoms with Gasteiger partial charge in [0.05, 0.1) is 251 Å². The zero-order valence-electron chi connectivity index (χ0n) is 53.1. The van der Waals surface area contributed by atoms with Crippen molar-refractivity contribution in [1.29, 1.82) is 0 Å². The summed E-state index contributed by atoms with van der Waals surface area (Å²) in [5.74, 6) is 1.22. The molecule has 514 valence electrons. The van der Waals surface area contributed by atoms with Crippen molar-refractivity contribution in [2.75, 3.05) is 298 Å². The average Bonchev–Trinajstić information content (AvgIpc) is 1.64. The van der Waals surface area contributed by atoms with Crippen LogP contribution in [0, 0.1) is 12.3 Å². The lowest BCUT2D eigenvalue weighted by atomic mass is 9.98. The molecule has 1 aliphatic rings. The van der Waals surface area contributed by atoms with Gasteiger partial charge in [0.2, 0.25) is 11.8 Å². The van der Waals surface area contributed by atoms with Gasteiger partial charge < -0.3 is 110 Å². The van der Waals surface area contributed by atoms with E-state index in [1.54, 1.807) is 7.11 Å². The molecule has 27 nitrogen and oxygen atoms in total. The fourth-order valence-corrected chi connectivity index (χ4v) is 7.97. The Labute approximate surface area is 532 Å². The van der Waals surface area contributed by atoms with Crippen LogP contribution in [0.3, 0.4) is 0 Å². The number of fused-ring (bicyclic) bond motifs is 3. The number of hydrogen-bond acceptors (Lipinski definition) is 24. The predicted octanol–water partition coefficient (Wildman–Crippen LogP) is 2.06. The molecule has 0 fully saturated rings. The maximum absolute atomic E-state index is 13.6. The first-order valence-corrected chi connectivity index (χ1v) is 31.1. The Morgan fingerprint density at radius 2 is 0.611 bits per heavy atom. The zero-order valence-corrected chi connectivity index (χ0v) is 53.1. The van der Waals surface area contributed by atoms with Crippen LogP contribution in [0.4, 0.5) is 4.79 Å². The van der Waals surface area contributed by atoms with Crippen molar-refractivity contribution in [3.05, 3.63) is 59.7 Å². The number of carbonyl (C=O) groups excluding carboxylic acids is 3. The molecule has 0 unspecified atom stereocenters. The summed E-state index contributed by atoms with van der Waals surface area (Å²) in [5.41, 5.74) is 4.22. The lowest BCUT2D eigenvalue weighted by Gasteiger charge is -2.23. The highest BCUT2D eigenvalue weighted by Gasteiger charge is 2.30. The largest absolute Gasteiger partial charge is 0.448 e. The van der Waals surface area contributed by atoms with E-state index in [0.717, 1.165) is 27.2 Å². The number of rotatable bonds is 67. The monoisotopic (exact) mass is 1290 g/mol. The summed E-state index contributed by atoms with van der Waals surface area (Å²) in [7, 11) is 1.64. The first-order valence-electron chi connectivity index (χ1n) is 31.1. The van der Waals surface area contributed by atoms with E-state index in [2.05, 4.69) is 16.6 Å². The highest BCUT2D eigenvalue weighted by atomic mass is 16.6. The van der Waals surface area contributed by atoms with Crippen LogP contribution < -0.4 is 10.6 Å². The second kappa shape index (κ2) is 60.6. The van der Waals surface area contributed by atoms with Crippen LogP contribution in [0.25, 0.3) is 11.1 Å². The van der Waals surface area contributed by atoms with Crippen LogP contribution in [0.2, 0.25) is 0 Å². The summed E-state index contributed by atoms with van der Waals surface area (Å²) >= 11 is 0. The minimum Gasteiger partial charge on any atom is -0.448 e. The molecule has 0 aliphatic heterocycles. The van der Waals surface area contributed by atoms with Gasteiger partial charge in [-0.1, -0.05) is 54.5 Å². The first-order chi connectivity index (χ1) is 44.5. The third-order valence-corrected chi connectivity index (χ3v) is 12.3. The van der Waals surface area contributed by atoms with Gasteiger partial charge in [-0.05, 0) is 22.3 Å². The van der Waals surface area contributed by atoms with Crippen LogP contribution in [-0.4, -0.2) is 320 Å². The molecule has 0 atom stereocenters. The Bertz CT molecular complexity index is 2000.